The summed E-state index contributed by atoms with van der Waals surface area (Å²) >= 11 is 3.34. The van der Waals surface area contributed by atoms with Crippen LogP contribution in [-0.2, 0) is 0 Å². The molecule has 0 fully saturated rings. The molecule has 0 spiro atoms. The number of halogens is 1. The van der Waals surface area contributed by atoms with Crippen molar-refractivity contribution < 1.29 is 9.90 Å². The third-order valence-corrected chi connectivity index (χ3v) is 4.43. The van der Waals surface area contributed by atoms with Crippen LogP contribution >= 0.6 is 15.9 Å². The molecule has 5 heteroatoms. The summed E-state index contributed by atoms with van der Waals surface area (Å²) in [5.74, 6) is -0.161. The van der Waals surface area contributed by atoms with Gasteiger partial charge in [0.15, 0.2) is 0 Å². The summed E-state index contributed by atoms with van der Waals surface area (Å²) in [5.41, 5.74) is 4.13. The molecule has 0 bridgehead atoms. The maximum Gasteiger partial charge on any atom is 0.272 e. The molecule has 3 aromatic carbocycles. The summed E-state index contributed by atoms with van der Waals surface area (Å²) in [6.07, 6.45) is 0. The molecule has 120 valence electrons. The van der Waals surface area contributed by atoms with Gasteiger partial charge < -0.3 is 5.11 Å². The second-order valence-electron chi connectivity index (χ2n) is 5.30. The first-order valence-corrected chi connectivity index (χ1v) is 8.17. The maximum absolute atomic E-state index is 12.2. The van der Waals surface area contributed by atoms with Crippen molar-refractivity contribution in [3.05, 3.63) is 76.3 Å². The number of fused-ring (bicyclic) bond motifs is 1. The lowest BCUT2D eigenvalue weighted by atomic mass is 10.0. The van der Waals surface area contributed by atoms with Gasteiger partial charge in [0.05, 0.1) is 11.3 Å². The van der Waals surface area contributed by atoms with E-state index in [1.165, 1.54) is 0 Å². The van der Waals surface area contributed by atoms with Crippen LogP contribution in [0.1, 0.15) is 22.8 Å². The fraction of sp³-hybridized carbons (Fsp3) is 0.0526. The Labute approximate surface area is 148 Å². The van der Waals surface area contributed by atoms with E-state index in [1.807, 2.05) is 36.4 Å². The van der Waals surface area contributed by atoms with Gasteiger partial charge in [-0.05, 0) is 46.4 Å². The lowest BCUT2D eigenvalue weighted by Crippen LogP contribution is -2.19. The maximum atomic E-state index is 12.2. The smallest absolute Gasteiger partial charge is 0.272 e. The van der Waals surface area contributed by atoms with E-state index in [4.69, 9.17) is 0 Å². The number of hydrogen-bond acceptors (Lipinski definition) is 3. The van der Waals surface area contributed by atoms with Gasteiger partial charge in [0.2, 0.25) is 0 Å². The Kier molecular flexibility index (Phi) is 4.62. The lowest BCUT2D eigenvalue weighted by Gasteiger charge is -2.08. The van der Waals surface area contributed by atoms with Crippen molar-refractivity contribution in [1.82, 2.24) is 5.43 Å². The summed E-state index contributed by atoms with van der Waals surface area (Å²) < 4.78 is 0.698. The zero-order valence-corrected chi connectivity index (χ0v) is 14.5. The van der Waals surface area contributed by atoms with Gasteiger partial charge in [-0.3, -0.25) is 4.79 Å². The summed E-state index contributed by atoms with van der Waals surface area (Å²) in [5, 5.41) is 16.3. The van der Waals surface area contributed by atoms with Crippen molar-refractivity contribution in [1.29, 1.82) is 0 Å². The van der Waals surface area contributed by atoms with E-state index in [0.717, 1.165) is 10.8 Å². The molecule has 24 heavy (non-hydrogen) atoms. The van der Waals surface area contributed by atoms with Gasteiger partial charge in [0.25, 0.3) is 5.91 Å². The molecule has 0 atom stereocenters. The fourth-order valence-corrected chi connectivity index (χ4v) is 2.91. The number of aromatic hydroxyl groups is 1. The molecular weight excluding hydrogens is 368 g/mol. The van der Waals surface area contributed by atoms with E-state index in [-0.39, 0.29) is 11.7 Å². The number of rotatable bonds is 3. The Morgan fingerprint density at radius 1 is 1.00 bits per heavy atom. The molecule has 4 nitrogen and oxygen atoms in total. The topological polar surface area (TPSA) is 61.7 Å². The summed E-state index contributed by atoms with van der Waals surface area (Å²) in [7, 11) is 0. The molecule has 0 saturated carbocycles. The Morgan fingerprint density at radius 3 is 2.50 bits per heavy atom. The largest absolute Gasteiger partial charge is 0.507 e. The number of hydrazone groups is 1. The summed E-state index contributed by atoms with van der Waals surface area (Å²) in [4.78, 5) is 12.2. The normalized spacial score (nSPS) is 11.5. The molecular formula is C19H15BrN2O2. The number of nitrogens with zero attached hydrogens (tertiary/aromatic N) is 1. The van der Waals surface area contributed by atoms with E-state index >= 15 is 0 Å². The Balaban J connectivity index is 1.88. The van der Waals surface area contributed by atoms with Gasteiger partial charge in [-0.25, -0.2) is 5.43 Å². The first-order valence-electron chi connectivity index (χ1n) is 7.38. The van der Waals surface area contributed by atoms with Gasteiger partial charge in [-0.15, -0.1) is 0 Å². The predicted octanol–water partition coefficient (Wildman–Crippen LogP) is 4.46. The van der Waals surface area contributed by atoms with Crippen molar-refractivity contribution in [2.75, 3.05) is 0 Å². The van der Waals surface area contributed by atoms with E-state index in [9.17, 15) is 9.90 Å². The first kappa shape index (κ1) is 16.2. The number of amides is 1. The monoisotopic (exact) mass is 382 g/mol. The molecule has 0 aliphatic carbocycles. The SMILES string of the molecule is CC(=NNC(=O)c1ccccc1Br)c1ccc2ccccc2c1O. The number of carbonyl (C=O) groups is 1. The summed E-state index contributed by atoms with van der Waals surface area (Å²) in [6, 6.07) is 18.4. The van der Waals surface area contributed by atoms with Crippen LogP contribution in [0.4, 0.5) is 0 Å². The average Bonchev–Trinajstić information content (AvgIpc) is 2.60. The van der Waals surface area contributed by atoms with Gasteiger partial charge in [-0.1, -0.05) is 42.5 Å². The fourth-order valence-electron chi connectivity index (χ4n) is 2.45. The predicted molar refractivity (Wildman–Crippen MR) is 99.4 cm³/mol. The van der Waals surface area contributed by atoms with Gasteiger partial charge in [-0.2, -0.15) is 5.10 Å². The number of phenols is 1. The Hall–Kier alpha value is -2.66. The molecule has 3 rings (SSSR count). The summed E-state index contributed by atoms with van der Waals surface area (Å²) in [6.45, 7) is 1.74. The second kappa shape index (κ2) is 6.84. The van der Waals surface area contributed by atoms with Gasteiger partial charge in [0.1, 0.15) is 5.75 Å². The van der Waals surface area contributed by atoms with Crippen LogP contribution in [-0.4, -0.2) is 16.7 Å². The first-order chi connectivity index (χ1) is 11.6. The van der Waals surface area contributed by atoms with Gasteiger partial charge >= 0.3 is 0 Å². The standard InChI is InChI=1S/C19H15BrN2O2/c1-12(21-22-19(24)16-8-4-5-9-17(16)20)14-11-10-13-6-2-3-7-15(13)18(14)23/h2-11,23H,1H3,(H,22,24). The van der Waals surface area contributed by atoms with Crippen molar-refractivity contribution in [2.24, 2.45) is 5.10 Å². The van der Waals surface area contributed by atoms with E-state index in [0.29, 0.717) is 21.3 Å². The minimum atomic E-state index is -0.317. The Morgan fingerprint density at radius 2 is 1.71 bits per heavy atom. The van der Waals surface area contributed by atoms with Crippen LogP contribution in [0, 0.1) is 0 Å². The van der Waals surface area contributed by atoms with Crippen molar-refractivity contribution >= 4 is 38.3 Å². The molecule has 0 heterocycles. The lowest BCUT2D eigenvalue weighted by molar-refractivity contribution is 0.0954. The van der Waals surface area contributed by atoms with Crippen molar-refractivity contribution in [3.63, 3.8) is 0 Å². The zero-order chi connectivity index (χ0) is 17.1. The van der Waals surface area contributed by atoms with E-state index in [1.54, 1.807) is 31.2 Å². The molecule has 2 N–H and O–H groups in total. The number of phenolic OH excluding ortho intramolecular Hbond substituents is 1. The molecule has 1 amide bonds. The molecule has 0 aliphatic heterocycles. The molecule has 0 aliphatic rings. The highest BCUT2D eigenvalue weighted by molar-refractivity contribution is 9.10. The molecule has 0 saturated heterocycles. The third-order valence-electron chi connectivity index (χ3n) is 3.73. The second-order valence-corrected chi connectivity index (χ2v) is 6.16. The number of nitrogens with one attached hydrogen (secondary N) is 1. The number of benzene rings is 3. The van der Waals surface area contributed by atoms with Crippen molar-refractivity contribution in [2.45, 2.75) is 6.92 Å². The van der Waals surface area contributed by atoms with Crippen molar-refractivity contribution in [3.8, 4) is 5.75 Å². The minimum Gasteiger partial charge on any atom is -0.507 e. The van der Waals surface area contributed by atoms with Crippen LogP contribution in [0.5, 0.6) is 5.75 Å². The Bertz CT molecular complexity index is 951. The van der Waals surface area contributed by atoms with Crippen LogP contribution in [0.2, 0.25) is 0 Å². The van der Waals surface area contributed by atoms with E-state index < -0.39 is 0 Å². The third kappa shape index (κ3) is 3.16. The molecule has 3 aromatic rings. The molecule has 0 radical (unpaired) electrons. The van der Waals surface area contributed by atoms with Crippen LogP contribution in [0.3, 0.4) is 0 Å². The molecule has 0 aromatic heterocycles. The quantitative estimate of drug-likeness (QED) is 0.518. The van der Waals surface area contributed by atoms with Crippen LogP contribution in [0.15, 0.2) is 70.2 Å². The number of hydrogen-bond donors (Lipinski definition) is 2. The zero-order valence-electron chi connectivity index (χ0n) is 13.0. The average molecular weight is 383 g/mol. The van der Waals surface area contributed by atoms with E-state index in [2.05, 4.69) is 26.5 Å². The highest BCUT2D eigenvalue weighted by Crippen LogP contribution is 2.28. The number of carbonyl (C=O) groups excluding carboxylic acids is 1. The van der Waals surface area contributed by atoms with Gasteiger partial charge in [0, 0.05) is 15.4 Å². The minimum absolute atomic E-state index is 0.157. The molecule has 0 unspecified atom stereocenters. The van der Waals surface area contributed by atoms with Crippen LogP contribution in [0.25, 0.3) is 10.8 Å². The highest BCUT2D eigenvalue weighted by Gasteiger charge is 2.11. The highest BCUT2D eigenvalue weighted by atomic mass is 79.9. The van der Waals surface area contributed by atoms with Crippen LogP contribution < -0.4 is 5.43 Å².